The van der Waals surface area contributed by atoms with Gasteiger partial charge in [-0.2, -0.15) is 0 Å². The highest BCUT2D eigenvalue weighted by Gasteiger charge is 2.17. The average molecular weight is 298 g/mol. The number of thioether (sulfide) groups is 1. The van der Waals surface area contributed by atoms with Gasteiger partial charge >= 0.3 is 0 Å². The lowest BCUT2D eigenvalue weighted by Crippen LogP contribution is -2.13. The molecule has 2 aromatic rings. The third-order valence-corrected chi connectivity index (χ3v) is 4.82. The molecule has 1 aromatic heterocycles. The van der Waals surface area contributed by atoms with Crippen LogP contribution in [-0.2, 0) is 0 Å². The summed E-state index contributed by atoms with van der Waals surface area (Å²) in [4.78, 5) is 16.5. The molecule has 0 N–H and O–H groups in total. The minimum atomic E-state index is -0.142. The van der Waals surface area contributed by atoms with Crippen molar-refractivity contribution >= 4 is 40.5 Å². The van der Waals surface area contributed by atoms with Gasteiger partial charge in [0.2, 0.25) is 0 Å². The van der Waals surface area contributed by atoms with Crippen LogP contribution in [0.3, 0.4) is 0 Å². The molecular formula is C13H12ClNOS2. The number of rotatable bonds is 4. The first kappa shape index (κ1) is 13.6. The highest BCUT2D eigenvalue weighted by Crippen LogP contribution is 2.28. The van der Waals surface area contributed by atoms with Gasteiger partial charge in [0.15, 0.2) is 10.1 Å². The normalized spacial score (nSPS) is 12.4. The molecule has 1 unspecified atom stereocenters. The molecule has 2 rings (SSSR count). The van der Waals surface area contributed by atoms with Gasteiger partial charge < -0.3 is 0 Å². The number of benzene rings is 1. The summed E-state index contributed by atoms with van der Waals surface area (Å²) in [5, 5.41) is 2.49. The zero-order valence-electron chi connectivity index (χ0n) is 10.0. The van der Waals surface area contributed by atoms with E-state index in [0.717, 1.165) is 10.0 Å². The molecule has 0 amide bonds. The maximum atomic E-state index is 12.2. The maximum absolute atomic E-state index is 12.2. The number of carbonyl (C=O) groups is 1. The Morgan fingerprint density at radius 2 is 2.06 bits per heavy atom. The first-order valence-electron chi connectivity index (χ1n) is 5.45. The van der Waals surface area contributed by atoms with Crippen LogP contribution in [0.4, 0.5) is 0 Å². The third-order valence-electron chi connectivity index (χ3n) is 2.37. The second-order valence-electron chi connectivity index (χ2n) is 3.89. The molecule has 0 spiro atoms. The highest BCUT2D eigenvalue weighted by molar-refractivity contribution is 8.02. The lowest BCUT2D eigenvalue weighted by molar-refractivity contribution is 0.0994. The first-order valence-corrected chi connectivity index (χ1v) is 7.58. The van der Waals surface area contributed by atoms with Gasteiger partial charge in [0, 0.05) is 21.7 Å². The Kier molecular flexibility index (Phi) is 4.43. The van der Waals surface area contributed by atoms with E-state index in [9.17, 15) is 4.79 Å². The van der Waals surface area contributed by atoms with Gasteiger partial charge in [-0.3, -0.25) is 4.79 Å². The zero-order chi connectivity index (χ0) is 13.1. The molecule has 1 atom stereocenters. The Bertz CT molecular complexity index is 550. The van der Waals surface area contributed by atoms with Crippen molar-refractivity contribution in [3.8, 4) is 0 Å². The van der Waals surface area contributed by atoms with Crippen LogP contribution >= 0.6 is 34.7 Å². The molecule has 0 radical (unpaired) electrons. The number of nitrogens with zero attached hydrogens (tertiary/aromatic N) is 1. The largest absolute Gasteiger partial charge is 0.293 e. The van der Waals surface area contributed by atoms with Crippen molar-refractivity contribution in [1.29, 1.82) is 0 Å². The van der Waals surface area contributed by atoms with Crippen molar-refractivity contribution in [3.05, 3.63) is 45.9 Å². The zero-order valence-corrected chi connectivity index (χ0v) is 12.4. The number of hydrogen-bond acceptors (Lipinski definition) is 4. The summed E-state index contributed by atoms with van der Waals surface area (Å²) in [6, 6.07) is 6.99. The number of hydrogen-bond donors (Lipinski definition) is 0. The van der Waals surface area contributed by atoms with E-state index in [0.29, 0.717) is 10.6 Å². The summed E-state index contributed by atoms with van der Waals surface area (Å²) in [6.07, 6.45) is 0. The van der Waals surface area contributed by atoms with Gasteiger partial charge in [-0.15, -0.1) is 11.3 Å². The molecule has 1 heterocycles. The summed E-state index contributed by atoms with van der Waals surface area (Å²) in [5.74, 6) is 0.101. The van der Waals surface area contributed by atoms with Crippen LogP contribution in [-0.4, -0.2) is 16.0 Å². The van der Waals surface area contributed by atoms with E-state index in [1.807, 2.05) is 19.2 Å². The Morgan fingerprint density at radius 1 is 1.39 bits per heavy atom. The molecule has 0 saturated heterocycles. The van der Waals surface area contributed by atoms with Gasteiger partial charge in [0.1, 0.15) is 0 Å². The lowest BCUT2D eigenvalue weighted by atomic mass is 10.1. The minimum absolute atomic E-state index is 0.101. The Hall–Kier alpha value is -0.840. The molecule has 0 aliphatic rings. The SMILES string of the molecule is Cc1csc(SC(C)C(=O)c2ccc(Cl)cc2)n1. The number of thiazole rings is 1. The average Bonchev–Trinajstić information content (AvgIpc) is 2.75. The summed E-state index contributed by atoms with van der Waals surface area (Å²) in [6.45, 7) is 3.85. The lowest BCUT2D eigenvalue weighted by Gasteiger charge is -2.08. The van der Waals surface area contributed by atoms with Crippen LogP contribution in [0.1, 0.15) is 23.0 Å². The van der Waals surface area contributed by atoms with Crippen LogP contribution in [0.15, 0.2) is 34.0 Å². The minimum Gasteiger partial charge on any atom is -0.293 e. The third kappa shape index (κ3) is 3.34. The predicted octanol–water partition coefficient (Wildman–Crippen LogP) is 4.47. The van der Waals surface area contributed by atoms with Crippen LogP contribution in [0.25, 0.3) is 0 Å². The van der Waals surface area contributed by atoms with Crippen molar-refractivity contribution in [2.75, 3.05) is 0 Å². The van der Waals surface area contributed by atoms with Crippen molar-refractivity contribution < 1.29 is 4.79 Å². The summed E-state index contributed by atoms with van der Waals surface area (Å²) in [7, 11) is 0. The van der Waals surface area contributed by atoms with Crippen LogP contribution in [0.2, 0.25) is 5.02 Å². The second-order valence-corrected chi connectivity index (χ2v) is 6.77. The van der Waals surface area contributed by atoms with E-state index in [-0.39, 0.29) is 11.0 Å². The van der Waals surface area contributed by atoms with E-state index in [4.69, 9.17) is 11.6 Å². The van der Waals surface area contributed by atoms with Crippen molar-refractivity contribution in [2.45, 2.75) is 23.4 Å². The summed E-state index contributed by atoms with van der Waals surface area (Å²) >= 11 is 8.87. The van der Waals surface area contributed by atoms with E-state index in [1.165, 1.54) is 11.8 Å². The Labute approximate surface area is 119 Å². The monoisotopic (exact) mass is 297 g/mol. The first-order chi connectivity index (χ1) is 8.56. The number of aryl methyl sites for hydroxylation is 1. The van der Waals surface area contributed by atoms with Crippen molar-refractivity contribution in [1.82, 2.24) is 4.98 Å². The fraction of sp³-hybridized carbons (Fsp3) is 0.231. The molecule has 0 aliphatic carbocycles. The molecule has 0 aliphatic heterocycles. The standard InChI is InChI=1S/C13H12ClNOS2/c1-8-7-17-13(15-8)18-9(2)12(16)10-3-5-11(14)6-4-10/h3-7,9H,1-2H3. The van der Waals surface area contributed by atoms with Crippen LogP contribution in [0, 0.1) is 6.92 Å². The molecule has 0 saturated carbocycles. The fourth-order valence-corrected chi connectivity index (χ4v) is 3.63. The topological polar surface area (TPSA) is 30.0 Å². The number of halogens is 1. The molecule has 94 valence electrons. The van der Waals surface area contributed by atoms with Gasteiger partial charge in [-0.05, 0) is 38.1 Å². The van der Waals surface area contributed by atoms with Gasteiger partial charge in [0.25, 0.3) is 0 Å². The number of Topliss-reactive ketones (excluding diaryl/α,β-unsaturated/α-hetero) is 1. The number of ketones is 1. The molecular weight excluding hydrogens is 286 g/mol. The maximum Gasteiger partial charge on any atom is 0.175 e. The summed E-state index contributed by atoms with van der Waals surface area (Å²) < 4.78 is 0.933. The molecule has 2 nitrogen and oxygen atoms in total. The van der Waals surface area contributed by atoms with E-state index >= 15 is 0 Å². The summed E-state index contributed by atoms with van der Waals surface area (Å²) in [5.41, 5.74) is 1.68. The molecule has 0 bridgehead atoms. The van der Waals surface area contributed by atoms with E-state index < -0.39 is 0 Å². The molecule has 5 heteroatoms. The molecule has 0 fully saturated rings. The quantitative estimate of drug-likeness (QED) is 0.616. The fourth-order valence-electron chi connectivity index (χ4n) is 1.44. The van der Waals surface area contributed by atoms with Gasteiger partial charge in [-0.1, -0.05) is 23.4 Å². The smallest absolute Gasteiger partial charge is 0.175 e. The molecule has 1 aromatic carbocycles. The Morgan fingerprint density at radius 3 is 2.61 bits per heavy atom. The van der Waals surface area contributed by atoms with Crippen molar-refractivity contribution in [2.24, 2.45) is 0 Å². The van der Waals surface area contributed by atoms with Crippen LogP contribution in [0.5, 0.6) is 0 Å². The molecule has 18 heavy (non-hydrogen) atoms. The number of carbonyl (C=O) groups excluding carboxylic acids is 1. The Balaban J connectivity index is 2.07. The van der Waals surface area contributed by atoms with E-state index in [1.54, 1.807) is 35.6 Å². The predicted molar refractivity (Wildman–Crippen MR) is 78.0 cm³/mol. The van der Waals surface area contributed by atoms with Crippen molar-refractivity contribution in [3.63, 3.8) is 0 Å². The van der Waals surface area contributed by atoms with Gasteiger partial charge in [0.05, 0.1) is 5.25 Å². The number of aromatic nitrogens is 1. The highest BCUT2D eigenvalue weighted by atomic mass is 35.5. The van der Waals surface area contributed by atoms with Gasteiger partial charge in [-0.25, -0.2) is 4.98 Å². The van der Waals surface area contributed by atoms with E-state index in [2.05, 4.69) is 4.98 Å². The second kappa shape index (κ2) is 5.87. The van der Waals surface area contributed by atoms with Crippen LogP contribution < -0.4 is 0 Å².